The van der Waals surface area contributed by atoms with E-state index in [1.54, 1.807) is 65.9 Å². The third-order valence-corrected chi connectivity index (χ3v) is 21.6. The average molecular weight is 1580 g/mol. The van der Waals surface area contributed by atoms with Crippen molar-refractivity contribution in [3.05, 3.63) is 125 Å². The summed E-state index contributed by atoms with van der Waals surface area (Å²) in [5, 5.41) is 72.6. The summed E-state index contributed by atoms with van der Waals surface area (Å²) in [5.41, 5.74) is 6.25. The van der Waals surface area contributed by atoms with Crippen LogP contribution in [0.1, 0.15) is 130 Å². The molecule has 3 aromatic carbocycles. The number of rotatable bonds is 13. The Kier molecular flexibility index (Phi) is 31.7. The number of thioether (sulfide) groups is 2. The van der Waals surface area contributed by atoms with Crippen molar-refractivity contribution in [1.29, 1.82) is 0 Å². The number of pyridine rings is 1. The Morgan fingerprint density at radius 2 is 1.19 bits per heavy atom. The Morgan fingerprint density at radius 1 is 0.640 bits per heavy atom. The number of phenolic OH excluding ortho intramolecular Hbond substituents is 2. The first-order valence-corrected chi connectivity index (χ1v) is 39.2. The van der Waals surface area contributed by atoms with Crippen molar-refractivity contribution in [2.45, 2.75) is 217 Å². The highest BCUT2D eigenvalue weighted by Gasteiger charge is 2.45. The van der Waals surface area contributed by atoms with E-state index in [4.69, 9.17) is 5.73 Å². The number of nitrogens with one attached hydrogen (secondary N) is 12. The summed E-state index contributed by atoms with van der Waals surface area (Å²) in [7, 11) is 0. The molecule has 4 heterocycles. The molecule has 7 rings (SSSR count). The molecule has 13 amide bonds. The smallest absolute Gasteiger partial charge is 0.246 e. The lowest BCUT2D eigenvalue weighted by Gasteiger charge is -2.36. The van der Waals surface area contributed by atoms with Gasteiger partial charge >= 0.3 is 0 Å². The number of carbonyl (C=O) groups excluding carboxylic acids is 13. The lowest BCUT2D eigenvalue weighted by Crippen LogP contribution is -2.67. The van der Waals surface area contributed by atoms with Crippen LogP contribution in [0.5, 0.6) is 11.5 Å². The fraction of sp³-hybridized carbons (Fsp3) is 0.506. The number of benzene rings is 3. The number of primary amides is 1. The number of H-pyrrole nitrogens is 1. The van der Waals surface area contributed by atoms with E-state index in [-0.39, 0.29) is 74.5 Å². The summed E-state index contributed by atoms with van der Waals surface area (Å²) in [5.74, 6) is -11.7. The van der Waals surface area contributed by atoms with Crippen LogP contribution in [0.25, 0.3) is 11.0 Å². The third kappa shape index (κ3) is 24.8. The van der Waals surface area contributed by atoms with Crippen molar-refractivity contribution in [2.24, 2.45) is 17.1 Å². The minimum atomic E-state index is -1.91. The summed E-state index contributed by atoms with van der Waals surface area (Å²) in [6, 6.07) is 6.18. The minimum absolute atomic E-state index is 0.0103. The molecule has 2 aliphatic rings. The van der Waals surface area contributed by atoms with Crippen LogP contribution < -0.4 is 64.2 Å². The fourth-order valence-corrected chi connectivity index (χ4v) is 14.7. The van der Waals surface area contributed by atoms with Crippen LogP contribution in [0.3, 0.4) is 0 Å². The molecule has 0 aliphatic carbocycles. The molecule has 34 heteroatoms. The van der Waals surface area contributed by atoms with Gasteiger partial charge in [-0.15, -0.1) is 0 Å². The number of aromatic amines is 1. The van der Waals surface area contributed by atoms with Gasteiger partial charge in [0.1, 0.15) is 89.1 Å². The molecule has 2 aromatic heterocycles. The second kappa shape index (κ2) is 40.0. The number of carbonyl (C=O) groups is 13. The Bertz CT molecular complexity index is 4160. The Labute approximate surface area is 652 Å². The molecule has 5 aromatic rings. The molecule has 32 nitrogen and oxygen atoms in total. The summed E-state index contributed by atoms with van der Waals surface area (Å²) in [4.78, 5) is 196. The maximum absolute atomic E-state index is 15.2. The first kappa shape index (κ1) is 87.9. The van der Waals surface area contributed by atoms with E-state index in [0.717, 1.165) is 11.1 Å². The Balaban J connectivity index is 1.23. The highest BCUT2D eigenvalue weighted by molar-refractivity contribution is 7.98. The van der Waals surface area contributed by atoms with Gasteiger partial charge in [0, 0.05) is 73.5 Å². The van der Waals surface area contributed by atoms with Gasteiger partial charge in [0.15, 0.2) is 0 Å². The zero-order chi connectivity index (χ0) is 81.8. The molecule has 0 radical (unpaired) electrons. The molecule has 0 saturated carbocycles. The number of nitrogens with zero attached hydrogens (tertiary/aromatic N) is 2. The van der Waals surface area contributed by atoms with Gasteiger partial charge in [0.25, 0.3) is 0 Å². The maximum Gasteiger partial charge on any atom is 0.246 e. The van der Waals surface area contributed by atoms with Gasteiger partial charge in [-0.1, -0.05) is 96.5 Å². The number of hydrogen-bond acceptors (Lipinski definition) is 20. The molecular formula is C77H105N15O17S2. The molecular weight excluding hydrogens is 1470 g/mol. The van der Waals surface area contributed by atoms with E-state index >= 15 is 4.79 Å². The van der Waals surface area contributed by atoms with E-state index in [2.05, 4.69) is 68.5 Å². The van der Waals surface area contributed by atoms with E-state index in [1.807, 2.05) is 18.2 Å². The number of nitrogens with two attached hydrogens (primary N) is 1. The Morgan fingerprint density at radius 3 is 1.77 bits per heavy atom. The topological polar surface area (TPSA) is 493 Å². The van der Waals surface area contributed by atoms with Gasteiger partial charge in [0.2, 0.25) is 76.8 Å². The van der Waals surface area contributed by atoms with Crippen LogP contribution in [0.15, 0.2) is 97.3 Å². The highest BCUT2D eigenvalue weighted by atomic mass is 32.2. The molecule has 1 fully saturated rings. The second-order valence-corrected chi connectivity index (χ2v) is 31.8. The molecule has 18 N–H and O–H groups in total. The van der Waals surface area contributed by atoms with Crippen LogP contribution in [-0.2, 0) is 93.1 Å². The van der Waals surface area contributed by atoms with Gasteiger partial charge < -0.3 is 94.5 Å². The van der Waals surface area contributed by atoms with Crippen molar-refractivity contribution in [3.8, 4) is 11.5 Å². The van der Waals surface area contributed by atoms with Crippen molar-refractivity contribution in [2.75, 3.05) is 18.1 Å². The highest BCUT2D eigenvalue weighted by Crippen LogP contribution is 2.27. The van der Waals surface area contributed by atoms with E-state index in [1.165, 1.54) is 118 Å². The minimum Gasteiger partial charge on any atom is -0.508 e. The molecule has 111 heavy (non-hydrogen) atoms. The van der Waals surface area contributed by atoms with Gasteiger partial charge in [-0.2, -0.15) is 23.5 Å². The molecule has 0 spiro atoms. The second-order valence-electron chi connectivity index (χ2n) is 29.8. The number of aromatic hydroxyl groups is 2. The molecule has 1 saturated heterocycles. The number of amides is 13. The largest absolute Gasteiger partial charge is 0.508 e. The van der Waals surface area contributed by atoms with Crippen LogP contribution in [0.2, 0.25) is 0 Å². The number of fused-ring (bicyclic) bond motifs is 4. The third-order valence-electron chi connectivity index (χ3n) is 19.4. The Hall–Kier alpha value is -10.3. The number of phenols is 2. The lowest BCUT2D eigenvalue weighted by molar-refractivity contribution is -0.143. The number of aliphatic hydroxyl groups excluding tert-OH is 2. The number of aliphatic hydroxyl groups is 2. The van der Waals surface area contributed by atoms with Gasteiger partial charge in [-0.05, 0) is 123 Å². The predicted molar refractivity (Wildman–Crippen MR) is 416 cm³/mol. The van der Waals surface area contributed by atoms with Crippen molar-refractivity contribution in [3.63, 3.8) is 0 Å². The molecule has 602 valence electrons. The van der Waals surface area contributed by atoms with Crippen molar-refractivity contribution in [1.82, 2.24) is 73.4 Å². The summed E-state index contributed by atoms with van der Waals surface area (Å²) in [6.07, 6.45) is -0.260. The fourth-order valence-electron chi connectivity index (χ4n) is 12.6. The molecule has 0 unspecified atom stereocenters. The van der Waals surface area contributed by atoms with Crippen LogP contribution in [0.4, 0.5) is 0 Å². The van der Waals surface area contributed by atoms with E-state index in [9.17, 15) is 78.0 Å². The van der Waals surface area contributed by atoms with Crippen molar-refractivity contribution < 1.29 is 82.8 Å². The van der Waals surface area contributed by atoms with Crippen LogP contribution in [-0.4, -0.2) is 214 Å². The average Bonchev–Trinajstić information content (AvgIpc) is 1.62. The molecule has 2 bridgehead atoms. The van der Waals surface area contributed by atoms with Gasteiger partial charge in [-0.3, -0.25) is 62.3 Å². The molecule has 2 aliphatic heterocycles. The quantitative estimate of drug-likeness (QED) is 0.0771. The SMILES string of the molecule is CCC[C@@H]1NC(=O)[C@H](Cc2c[nH]c3ncccc23)NC(=O)[C@H]([C@@H](C)O)NC(=O)[C@@H]2CCCN2C(=O)[C@H](Cc2ccc(O)cc2)NC(=O)[C@H](C(C)(C)C)NC(=O)[C@@H](NC(C)=O)CSCc2cccc(c2)CSC[C@H](C(N)=O)NC(=O)[C@H]([C@@H](C)O)NC(=O)[C@](C)(C(C)C)NC(=O)[C@H](Cc2ccc(O)cc2)NC(=O)[C@H](C)NC1=O. The lowest BCUT2D eigenvalue weighted by atomic mass is 9.85. The zero-order valence-electron chi connectivity index (χ0n) is 64.2. The summed E-state index contributed by atoms with van der Waals surface area (Å²) in [6.45, 7) is 16.3. The van der Waals surface area contributed by atoms with E-state index in [0.29, 0.717) is 39.2 Å². The summed E-state index contributed by atoms with van der Waals surface area (Å²) >= 11 is 2.52. The van der Waals surface area contributed by atoms with Gasteiger partial charge in [-0.25, -0.2) is 4.98 Å². The first-order valence-electron chi connectivity index (χ1n) is 36.9. The van der Waals surface area contributed by atoms with Crippen LogP contribution in [0, 0.1) is 11.3 Å². The zero-order valence-corrected chi connectivity index (χ0v) is 65.8. The van der Waals surface area contributed by atoms with Crippen molar-refractivity contribution >= 4 is 111 Å². The number of aromatic nitrogens is 2. The monoisotopic (exact) mass is 1580 g/mol. The standard InChI is InChI=1S/C77H105N15O17S2/c1-12-16-53-66(100)81-41(4)65(99)84-54(32-45-21-25-50(96)26-22-45)69(103)91-77(11,40(2)3)75(109)89-61(43(6)94)72(106)87-57(63(78)98)38-110-36-47-17-13-18-48(31-47)37-111-39-58(82-44(7)95)68(102)90-62(76(8,9)10)73(107)86-56(33-46-23-27-51(97)28-24-46)74(108)92-30-15-20-59(92)70(104)88-60(42(5)93)71(105)85-55(67(101)83-53)34-49-35-80-64-52(49)19-14-29-79-64/h13-14,17-19,21-29,31,35,40-43,53-62,93-94,96-97H,12,15-16,20,30,32-34,36-39H2,1-11H3,(H2,78,98)(H,79,80)(H,81,100)(H,82,95)(H,83,101)(H,84,99)(H,85,105)(H,86,107)(H,87,106)(H,88,104)(H,89,109)(H,90,102)(H,91,103)/t41-,42+,43+,53-,54-,55-,56-,57+,58-,59-,60-,61-,62+,77-/m0/s1. The molecule has 14 atom stereocenters. The summed E-state index contributed by atoms with van der Waals surface area (Å²) < 4.78 is 0. The maximum atomic E-state index is 15.2. The normalized spacial score (nSPS) is 25.7. The van der Waals surface area contributed by atoms with Gasteiger partial charge in [0.05, 0.1) is 12.2 Å². The first-order chi connectivity index (χ1) is 52.4. The number of hydrogen-bond donors (Lipinski definition) is 17. The van der Waals surface area contributed by atoms with Crippen LogP contribution >= 0.6 is 23.5 Å². The predicted octanol–water partition coefficient (Wildman–Crippen LogP) is 0.685. The van der Waals surface area contributed by atoms with E-state index < -0.39 is 172 Å².